The molecule has 4 heteroatoms. The third-order valence-electron chi connectivity index (χ3n) is 3.00. The fraction of sp³-hybridized carbons (Fsp3) is 0.294. The standard InChI is InChI=1S/C17H22N4/c1-2-3-12-19-17(21-16-11-7-8-13-18-16)20-14-15-9-5-4-6-10-15/h4-11,13H,2-3,12,14H2,1H3,(H2,18,19,20,21). The highest BCUT2D eigenvalue weighted by Gasteiger charge is 2.00. The van der Waals surface area contributed by atoms with Gasteiger partial charge in [0.05, 0.1) is 6.54 Å². The first-order valence-electron chi connectivity index (χ1n) is 7.39. The van der Waals surface area contributed by atoms with Crippen molar-refractivity contribution in [3.05, 3.63) is 60.3 Å². The minimum absolute atomic E-state index is 0.648. The monoisotopic (exact) mass is 282 g/mol. The van der Waals surface area contributed by atoms with Crippen molar-refractivity contribution in [1.82, 2.24) is 10.3 Å². The number of aromatic nitrogens is 1. The van der Waals surface area contributed by atoms with E-state index in [1.54, 1.807) is 6.20 Å². The first-order valence-corrected chi connectivity index (χ1v) is 7.39. The van der Waals surface area contributed by atoms with Crippen LogP contribution in [-0.4, -0.2) is 17.5 Å². The van der Waals surface area contributed by atoms with Gasteiger partial charge in [0.25, 0.3) is 0 Å². The van der Waals surface area contributed by atoms with E-state index in [0.717, 1.165) is 31.2 Å². The molecule has 2 N–H and O–H groups in total. The summed E-state index contributed by atoms with van der Waals surface area (Å²) in [6.45, 7) is 3.73. The first kappa shape index (κ1) is 15.0. The molecular weight excluding hydrogens is 260 g/mol. The molecule has 0 unspecified atom stereocenters. The summed E-state index contributed by atoms with van der Waals surface area (Å²) in [4.78, 5) is 8.89. The smallest absolute Gasteiger partial charge is 0.197 e. The lowest BCUT2D eigenvalue weighted by Crippen LogP contribution is -2.32. The van der Waals surface area contributed by atoms with E-state index >= 15 is 0 Å². The van der Waals surface area contributed by atoms with E-state index in [2.05, 4.69) is 39.7 Å². The predicted octanol–water partition coefficient (Wildman–Crippen LogP) is 3.44. The Hall–Kier alpha value is -2.36. The fourth-order valence-electron chi connectivity index (χ4n) is 1.83. The van der Waals surface area contributed by atoms with Gasteiger partial charge >= 0.3 is 0 Å². The molecule has 0 saturated carbocycles. The molecule has 1 heterocycles. The van der Waals surface area contributed by atoms with Crippen LogP contribution in [0.3, 0.4) is 0 Å². The third-order valence-corrected chi connectivity index (χ3v) is 3.00. The van der Waals surface area contributed by atoms with Crippen LogP contribution in [0.1, 0.15) is 25.3 Å². The summed E-state index contributed by atoms with van der Waals surface area (Å²) < 4.78 is 0. The van der Waals surface area contributed by atoms with Gasteiger partial charge in [-0.25, -0.2) is 9.98 Å². The second-order valence-corrected chi connectivity index (χ2v) is 4.77. The van der Waals surface area contributed by atoms with Crippen molar-refractivity contribution >= 4 is 11.8 Å². The average Bonchev–Trinajstić information content (AvgIpc) is 2.54. The molecule has 0 saturated heterocycles. The molecular formula is C17H22N4. The topological polar surface area (TPSA) is 49.3 Å². The minimum Gasteiger partial charge on any atom is -0.356 e. The third kappa shape index (κ3) is 5.65. The van der Waals surface area contributed by atoms with Gasteiger partial charge in [0.15, 0.2) is 5.96 Å². The van der Waals surface area contributed by atoms with Gasteiger partial charge in [-0.15, -0.1) is 0 Å². The largest absolute Gasteiger partial charge is 0.356 e. The first-order chi connectivity index (χ1) is 10.4. The summed E-state index contributed by atoms with van der Waals surface area (Å²) >= 11 is 0. The molecule has 21 heavy (non-hydrogen) atoms. The van der Waals surface area contributed by atoms with Crippen LogP contribution in [0, 0.1) is 0 Å². The molecule has 0 aliphatic heterocycles. The molecule has 0 radical (unpaired) electrons. The average molecular weight is 282 g/mol. The Morgan fingerprint density at radius 1 is 1.10 bits per heavy atom. The maximum atomic E-state index is 4.62. The van der Waals surface area contributed by atoms with Crippen LogP contribution in [0.5, 0.6) is 0 Å². The number of aliphatic imine (C=N–C) groups is 1. The minimum atomic E-state index is 0.648. The van der Waals surface area contributed by atoms with Crippen LogP contribution in [0.4, 0.5) is 5.82 Å². The Labute approximate surface area is 126 Å². The van der Waals surface area contributed by atoms with E-state index in [4.69, 9.17) is 0 Å². The Balaban J connectivity index is 2.00. The van der Waals surface area contributed by atoms with Gasteiger partial charge in [0.2, 0.25) is 0 Å². The summed E-state index contributed by atoms with van der Waals surface area (Å²) in [5.41, 5.74) is 1.19. The molecule has 1 aromatic heterocycles. The maximum Gasteiger partial charge on any atom is 0.197 e. The van der Waals surface area contributed by atoms with Gasteiger partial charge in [-0.05, 0) is 24.1 Å². The molecule has 0 atom stereocenters. The van der Waals surface area contributed by atoms with Gasteiger partial charge in [-0.1, -0.05) is 49.7 Å². The fourth-order valence-corrected chi connectivity index (χ4v) is 1.83. The Kier molecular flexibility index (Phi) is 6.26. The van der Waals surface area contributed by atoms with E-state index in [1.165, 1.54) is 5.56 Å². The number of nitrogens with one attached hydrogen (secondary N) is 2. The number of pyridine rings is 1. The Morgan fingerprint density at radius 3 is 2.62 bits per heavy atom. The molecule has 2 aromatic rings. The number of unbranched alkanes of at least 4 members (excludes halogenated alkanes) is 1. The van der Waals surface area contributed by atoms with Crippen LogP contribution >= 0.6 is 0 Å². The second-order valence-electron chi connectivity index (χ2n) is 4.77. The van der Waals surface area contributed by atoms with Crippen molar-refractivity contribution in [3.63, 3.8) is 0 Å². The molecule has 0 aliphatic rings. The van der Waals surface area contributed by atoms with Gasteiger partial charge in [-0.2, -0.15) is 0 Å². The van der Waals surface area contributed by atoms with E-state index in [1.807, 2.05) is 36.4 Å². The molecule has 4 nitrogen and oxygen atoms in total. The highest BCUT2D eigenvalue weighted by atomic mass is 15.2. The quantitative estimate of drug-likeness (QED) is 0.485. The summed E-state index contributed by atoms with van der Waals surface area (Å²) in [6.07, 6.45) is 4.04. The number of guanidine groups is 1. The number of hydrogen-bond acceptors (Lipinski definition) is 2. The zero-order valence-corrected chi connectivity index (χ0v) is 12.4. The van der Waals surface area contributed by atoms with Crippen LogP contribution in [0.25, 0.3) is 0 Å². The molecule has 110 valence electrons. The summed E-state index contributed by atoms with van der Waals surface area (Å²) in [7, 11) is 0. The zero-order valence-electron chi connectivity index (χ0n) is 12.4. The van der Waals surface area contributed by atoms with E-state index < -0.39 is 0 Å². The van der Waals surface area contributed by atoms with Crippen LogP contribution in [-0.2, 0) is 6.54 Å². The SMILES string of the molecule is CCCCNC(=NCc1ccccc1)Nc1ccccn1. The van der Waals surface area contributed by atoms with Crippen LogP contribution in [0.2, 0.25) is 0 Å². The Bertz CT molecular complexity index is 537. The van der Waals surface area contributed by atoms with Gasteiger partial charge in [0, 0.05) is 12.7 Å². The normalized spacial score (nSPS) is 11.2. The van der Waals surface area contributed by atoms with Crippen molar-refractivity contribution in [2.45, 2.75) is 26.3 Å². The number of anilines is 1. The Morgan fingerprint density at radius 2 is 1.90 bits per heavy atom. The lowest BCUT2D eigenvalue weighted by molar-refractivity contribution is 0.750. The van der Waals surface area contributed by atoms with E-state index in [-0.39, 0.29) is 0 Å². The summed E-state index contributed by atoms with van der Waals surface area (Å²) in [5, 5.41) is 6.57. The van der Waals surface area contributed by atoms with Crippen molar-refractivity contribution in [3.8, 4) is 0 Å². The molecule has 2 rings (SSSR count). The van der Waals surface area contributed by atoms with Gasteiger partial charge in [-0.3, -0.25) is 0 Å². The van der Waals surface area contributed by atoms with Crippen molar-refractivity contribution in [2.75, 3.05) is 11.9 Å². The number of nitrogens with zero attached hydrogens (tertiary/aromatic N) is 2. The molecule has 0 spiro atoms. The van der Waals surface area contributed by atoms with Crippen molar-refractivity contribution in [1.29, 1.82) is 0 Å². The molecule has 0 aliphatic carbocycles. The number of rotatable bonds is 6. The second kappa shape index (κ2) is 8.74. The lowest BCUT2D eigenvalue weighted by Gasteiger charge is -2.11. The van der Waals surface area contributed by atoms with Gasteiger partial charge < -0.3 is 10.6 Å². The summed E-state index contributed by atoms with van der Waals surface area (Å²) in [6, 6.07) is 16.0. The van der Waals surface area contributed by atoms with Crippen LogP contribution < -0.4 is 10.6 Å². The number of benzene rings is 1. The summed E-state index contributed by atoms with van der Waals surface area (Å²) in [5.74, 6) is 1.57. The molecule has 0 fully saturated rings. The molecule has 1 aromatic carbocycles. The lowest BCUT2D eigenvalue weighted by atomic mass is 10.2. The predicted molar refractivity (Wildman–Crippen MR) is 88.4 cm³/mol. The van der Waals surface area contributed by atoms with Crippen molar-refractivity contribution < 1.29 is 0 Å². The number of hydrogen-bond donors (Lipinski definition) is 2. The maximum absolute atomic E-state index is 4.62. The van der Waals surface area contributed by atoms with Gasteiger partial charge in [0.1, 0.15) is 5.82 Å². The molecule has 0 bridgehead atoms. The van der Waals surface area contributed by atoms with Crippen LogP contribution in [0.15, 0.2) is 59.7 Å². The zero-order chi connectivity index (χ0) is 14.8. The molecule has 0 amide bonds. The van der Waals surface area contributed by atoms with Crippen molar-refractivity contribution in [2.24, 2.45) is 4.99 Å². The highest BCUT2D eigenvalue weighted by molar-refractivity contribution is 5.92. The highest BCUT2D eigenvalue weighted by Crippen LogP contribution is 2.03. The van der Waals surface area contributed by atoms with E-state index in [0.29, 0.717) is 6.54 Å². The van der Waals surface area contributed by atoms with E-state index in [9.17, 15) is 0 Å².